The van der Waals surface area contributed by atoms with E-state index in [1.807, 2.05) is 12.1 Å². The van der Waals surface area contributed by atoms with Crippen LogP contribution in [0.25, 0.3) is 0 Å². The van der Waals surface area contributed by atoms with E-state index in [1.165, 1.54) is 69.6 Å². The van der Waals surface area contributed by atoms with Gasteiger partial charge in [-0.15, -0.1) is 12.4 Å². The molecule has 1 amide bonds. The number of rotatable bonds is 7. The molecule has 4 rings (SSSR count). The smallest absolute Gasteiger partial charge is 0.256 e. The van der Waals surface area contributed by atoms with Crippen molar-refractivity contribution in [1.29, 1.82) is 0 Å². The highest BCUT2D eigenvalue weighted by molar-refractivity contribution is 6.03. The van der Waals surface area contributed by atoms with Gasteiger partial charge in [0.2, 0.25) is 0 Å². The largest absolute Gasteiger partial charge is 0.370 e. The van der Waals surface area contributed by atoms with Gasteiger partial charge in [-0.05, 0) is 87.0 Å². The average Bonchev–Trinajstić information content (AvgIpc) is 3.52. The van der Waals surface area contributed by atoms with Crippen molar-refractivity contribution >= 4 is 29.9 Å². The van der Waals surface area contributed by atoms with E-state index in [2.05, 4.69) is 20.5 Å². The molecule has 2 aliphatic rings. The van der Waals surface area contributed by atoms with Crippen molar-refractivity contribution in [3.63, 3.8) is 0 Å². The average molecular weight is 419 g/mol. The van der Waals surface area contributed by atoms with Crippen LogP contribution in [0.15, 0.2) is 42.5 Å². The predicted molar refractivity (Wildman–Crippen MR) is 116 cm³/mol. The van der Waals surface area contributed by atoms with Crippen molar-refractivity contribution in [2.75, 3.05) is 36.8 Å². The molecule has 2 heterocycles. The highest BCUT2D eigenvalue weighted by atomic mass is 35.5. The minimum absolute atomic E-state index is 0. The molecule has 2 aromatic rings. The van der Waals surface area contributed by atoms with Crippen LogP contribution in [0.3, 0.4) is 0 Å². The molecule has 0 bridgehead atoms. The zero-order chi connectivity index (χ0) is 19.3. The summed E-state index contributed by atoms with van der Waals surface area (Å²) in [5.41, 5.74) is 0.402. The Labute approximate surface area is 177 Å². The van der Waals surface area contributed by atoms with Gasteiger partial charge in [-0.1, -0.05) is 6.07 Å². The molecule has 7 heteroatoms. The normalized spacial score (nSPS) is 17.4. The second-order valence-electron chi connectivity index (χ2n) is 7.94. The van der Waals surface area contributed by atoms with E-state index >= 15 is 0 Å². The number of hydrogen-bond donors (Lipinski definition) is 2. The number of hydrogen-bond acceptors (Lipinski definition) is 4. The van der Waals surface area contributed by atoms with Crippen molar-refractivity contribution in [2.45, 2.75) is 25.7 Å². The summed E-state index contributed by atoms with van der Waals surface area (Å²) in [4.78, 5) is 19.3. The van der Waals surface area contributed by atoms with Crippen LogP contribution in [0.1, 0.15) is 36.0 Å². The summed E-state index contributed by atoms with van der Waals surface area (Å²) in [7, 11) is 0. The molecule has 0 radical (unpaired) electrons. The maximum Gasteiger partial charge on any atom is 0.256 e. The summed E-state index contributed by atoms with van der Waals surface area (Å²) in [5, 5.41) is 6.18. The Morgan fingerprint density at radius 2 is 1.69 bits per heavy atom. The van der Waals surface area contributed by atoms with Crippen molar-refractivity contribution in [3.8, 4) is 0 Å². The standard InChI is InChI=1S/C22H27FN4O.ClH/c23-19-8-6-18(7-9-19)22(28)26-21-3-1-2-20(25-21)24-14-16-10-12-27(13-11-16)15-17-4-5-17;/h1-3,6-9,16-17H,4-5,10-15H2,(H2,24,25,26,28);1H. The van der Waals surface area contributed by atoms with Crippen molar-refractivity contribution in [3.05, 3.63) is 53.8 Å². The minimum atomic E-state index is -0.362. The third-order valence-corrected chi connectivity index (χ3v) is 5.59. The first-order valence-corrected chi connectivity index (χ1v) is 10.2. The Bertz CT molecular complexity index is 805. The SMILES string of the molecule is Cl.O=C(Nc1cccc(NCC2CCN(CC3CC3)CC2)n1)c1ccc(F)cc1. The molecule has 0 atom stereocenters. The van der Waals surface area contributed by atoms with Crippen LogP contribution >= 0.6 is 12.4 Å². The molecular weight excluding hydrogens is 391 g/mol. The number of nitrogens with one attached hydrogen (secondary N) is 2. The fourth-order valence-corrected chi connectivity index (χ4v) is 3.68. The van der Waals surface area contributed by atoms with Crippen LogP contribution in [0.2, 0.25) is 0 Å². The van der Waals surface area contributed by atoms with Gasteiger partial charge in [0.1, 0.15) is 17.5 Å². The molecule has 1 aliphatic heterocycles. The summed E-state index contributed by atoms with van der Waals surface area (Å²) in [5.74, 6) is 2.21. The Hall–Kier alpha value is -2.18. The summed E-state index contributed by atoms with van der Waals surface area (Å²) < 4.78 is 13.0. The molecule has 1 aromatic heterocycles. The topological polar surface area (TPSA) is 57.3 Å². The quantitative estimate of drug-likeness (QED) is 0.698. The highest BCUT2D eigenvalue weighted by Gasteiger charge is 2.26. The maximum atomic E-state index is 13.0. The summed E-state index contributed by atoms with van der Waals surface area (Å²) in [6.45, 7) is 4.59. The van der Waals surface area contributed by atoms with Crippen LogP contribution < -0.4 is 10.6 Å². The monoisotopic (exact) mass is 418 g/mol. The molecule has 2 N–H and O–H groups in total. The van der Waals surface area contributed by atoms with E-state index in [4.69, 9.17) is 0 Å². The molecule has 156 valence electrons. The lowest BCUT2D eigenvalue weighted by Crippen LogP contribution is -2.37. The molecule has 29 heavy (non-hydrogen) atoms. The number of anilines is 2. The van der Waals surface area contributed by atoms with Gasteiger partial charge in [0.05, 0.1) is 0 Å². The molecular formula is C22H28ClFN4O. The summed E-state index contributed by atoms with van der Waals surface area (Å²) in [6, 6.07) is 11.0. The number of likely N-dealkylation sites (tertiary alicyclic amines) is 1. The molecule has 0 spiro atoms. The fraction of sp³-hybridized carbons (Fsp3) is 0.455. The first-order valence-electron chi connectivity index (χ1n) is 10.2. The van der Waals surface area contributed by atoms with Crippen LogP contribution in [-0.4, -0.2) is 42.0 Å². The molecule has 1 saturated carbocycles. The second kappa shape index (κ2) is 10.0. The Kier molecular flexibility index (Phi) is 7.45. The number of carbonyl (C=O) groups is 1. The highest BCUT2D eigenvalue weighted by Crippen LogP contribution is 2.31. The lowest BCUT2D eigenvalue weighted by molar-refractivity contribution is 0.102. The van der Waals surface area contributed by atoms with Crippen LogP contribution in [0.4, 0.5) is 16.0 Å². The zero-order valence-corrected chi connectivity index (χ0v) is 17.3. The van der Waals surface area contributed by atoms with Gasteiger partial charge in [-0.25, -0.2) is 9.37 Å². The number of aromatic nitrogens is 1. The fourth-order valence-electron chi connectivity index (χ4n) is 3.68. The number of benzene rings is 1. The van der Waals surface area contributed by atoms with Gasteiger partial charge in [0.15, 0.2) is 0 Å². The van der Waals surface area contributed by atoms with Crippen LogP contribution in [0.5, 0.6) is 0 Å². The lowest BCUT2D eigenvalue weighted by Gasteiger charge is -2.32. The van der Waals surface area contributed by atoms with E-state index in [1.54, 1.807) is 6.07 Å². The van der Waals surface area contributed by atoms with Gasteiger partial charge < -0.3 is 15.5 Å². The van der Waals surface area contributed by atoms with Gasteiger partial charge in [0, 0.05) is 18.7 Å². The third kappa shape index (κ3) is 6.41. The van der Waals surface area contributed by atoms with Gasteiger partial charge >= 0.3 is 0 Å². The number of carbonyl (C=O) groups excluding carboxylic acids is 1. The molecule has 1 aliphatic carbocycles. The molecule has 5 nitrogen and oxygen atoms in total. The third-order valence-electron chi connectivity index (χ3n) is 5.59. The van der Waals surface area contributed by atoms with Gasteiger partial charge in [0.25, 0.3) is 5.91 Å². The van der Waals surface area contributed by atoms with Crippen LogP contribution in [0, 0.1) is 17.7 Å². The summed E-state index contributed by atoms with van der Waals surface area (Å²) in [6.07, 6.45) is 5.28. The first kappa shape index (κ1) is 21.5. The van der Waals surface area contributed by atoms with E-state index in [0.29, 0.717) is 17.3 Å². The number of amides is 1. The maximum absolute atomic E-state index is 13.0. The van der Waals surface area contributed by atoms with Crippen molar-refractivity contribution in [2.24, 2.45) is 11.8 Å². The Morgan fingerprint density at radius 3 is 2.38 bits per heavy atom. The first-order chi connectivity index (χ1) is 13.7. The van der Waals surface area contributed by atoms with E-state index < -0.39 is 0 Å². The predicted octanol–water partition coefficient (Wildman–Crippen LogP) is 4.43. The number of nitrogens with zero attached hydrogens (tertiary/aromatic N) is 2. The number of halogens is 2. The van der Waals surface area contributed by atoms with Crippen molar-refractivity contribution < 1.29 is 9.18 Å². The summed E-state index contributed by atoms with van der Waals surface area (Å²) >= 11 is 0. The molecule has 1 saturated heterocycles. The van der Waals surface area contributed by atoms with E-state index in [-0.39, 0.29) is 24.1 Å². The number of pyridine rings is 1. The van der Waals surface area contributed by atoms with Crippen molar-refractivity contribution in [1.82, 2.24) is 9.88 Å². The zero-order valence-electron chi connectivity index (χ0n) is 16.4. The van der Waals surface area contributed by atoms with E-state index in [9.17, 15) is 9.18 Å². The van der Waals surface area contributed by atoms with E-state index in [0.717, 1.165) is 18.3 Å². The minimum Gasteiger partial charge on any atom is -0.370 e. The Morgan fingerprint density at radius 1 is 1.00 bits per heavy atom. The molecule has 2 fully saturated rings. The number of piperidine rings is 1. The van der Waals surface area contributed by atoms with Crippen LogP contribution in [-0.2, 0) is 0 Å². The molecule has 1 aromatic carbocycles. The second-order valence-corrected chi connectivity index (χ2v) is 7.94. The van der Waals surface area contributed by atoms with Gasteiger partial charge in [-0.2, -0.15) is 0 Å². The molecule has 0 unspecified atom stereocenters. The van der Waals surface area contributed by atoms with Gasteiger partial charge in [-0.3, -0.25) is 4.79 Å². The lowest BCUT2D eigenvalue weighted by atomic mass is 9.96. The Balaban J connectivity index is 0.00000240.